The first-order valence-electron chi connectivity index (χ1n) is 9.88. The lowest BCUT2D eigenvalue weighted by Gasteiger charge is -2.58. The quantitative estimate of drug-likeness (QED) is 0.648. The van der Waals surface area contributed by atoms with Gasteiger partial charge in [0.05, 0.1) is 6.10 Å². The minimum absolute atomic E-state index is 0.163. The summed E-state index contributed by atoms with van der Waals surface area (Å²) in [6, 6.07) is 0. The summed E-state index contributed by atoms with van der Waals surface area (Å²) in [7, 11) is 0. The molecule has 0 amide bonds. The average Bonchev–Trinajstić information content (AvgIpc) is 2.84. The van der Waals surface area contributed by atoms with Gasteiger partial charge in [-0.25, -0.2) is 0 Å². The second-order valence-electron chi connectivity index (χ2n) is 9.36. The molecular formula is C21H34O. The summed E-state index contributed by atoms with van der Waals surface area (Å²) in [6.07, 6.45) is 14.2. The third-order valence-electron chi connectivity index (χ3n) is 8.78. The van der Waals surface area contributed by atoms with Gasteiger partial charge < -0.3 is 5.11 Å². The van der Waals surface area contributed by atoms with Crippen molar-refractivity contribution in [2.75, 3.05) is 0 Å². The van der Waals surface area contributed by atoms with Crippen molar-refractivity contribution in [2.24, 2.45) is 34.5 Å². The van der Waals surface area contributed by atoms with Crippen LogP contribution in [0.4, 0.5) is 0 Å². The van der Waals surface area contributed by atoms with E-state index in [4.69, 9.17) is 0 Å². The molecular weight excluding hydrogens is 268 g/mol. The number of allylic oxidation sites excluding steroid dienone is 1. The molecule has 1 heteroatoms. The minimum atomic E-state index is -0.163. The van der Waals surface area contributed by atoms with E-state index in [1.807, 2.05) is 0 Å². The summed E-state index contributed by atoms with van der Waals surface area (Å²) in [5.41, 5.74) is 2.66. The van der Waals surface area contributed by atoms with E-state index < -0.39 is 0 Å². The molecule has 4 aliphatic carbocycles. The largest absolute Gasteiger partial charge is 0.389 e. The average molecular weight is 303 g/mol. The maximum absolute atomic E-state index is 10.0. The molecule has 1 nitrogen and oxygen atoms in total. The molecule has 22 heavy (non-hydrogen) atoms. The zero-order valence-electron chi connectivity index (χ0n) is 14.8. The van der Waals surface area contributed by atoms with Gasteiger partial charge in [0.1, 0.15) is 0 Å². The minimum Gasteiger partial charge on any atom is -0.389 e. The van der Waals surface area contributed by atoms with Crippen molar-refractivity contribution in [3.63, 3.8) is 0 Å². The van der Waals surface area contributed by atoms with Gasteiger partial charge in [0, 0.05) is 0 Å². The molecule has 7 atom stereocenters. The van der Waals surface area contributed by atoms with Crippen LogP contribution in [0.15, 0.2) is 11.6 Å². The van der Waals surface area contributed by atoms with Crippen LogP contribution < -0.4 is 0 Å². The van der Waals surface area contributed by atoms with Crippen LogP contribution in [0, 0.1) is 34.5 Å². The number of fused-ring (bicyclic) bond motifs is 5. The first-order chi connectivity index (χ1) is 10.5. The lowest BCUT2D eigenvalue weighted by Crippen LogP contribution is -2.50. The standard InChI is InChI=1S/C21H34O/c1-4-14-6-8-18-17-7-5-15-13-16(22)9-11-21(15,3)19(17)10-12-20(14,18)2/h13-14,16-19,22H,4-12H2,1-3H3/t14?,16?,17?,18?,19?,20?,21-/m0/s1. The van der Waals surface area contributed by atoms with Crippen molar-refractivity contribution >= 4 is 0 Å². The maximum Gasteiger partial charge on any atom is 0.0724 e. The van der Waals surface area contributed by atoms with E-state index in [9.17, 15) is 5.11 Å². The highest BCUT2D eigenvalue weighted by molar-refractivity contribution is 5.25. The molecule has 4 rings (SSSR count). The molecule has 0 aliphatic heterocycles. The summed E-state index contributed by atoms with van der Waals surface area (Å²) in [6.45, 7) is 7.58. The topological polar surface area (TPSA) is 20.2 Å². The Morgan fingerprint density at radius 2 is 1.86 bits per heavy atom. The molecule has 3 saturated carbocycles. The number of aliphatic hydroxyl groups excluding tert-OH is 1. The highest BCUT2D eigenvalue weighted by atomic mass is 16.3. The lowest BCUT2D eigenvalue weighted by molar-refractivity contribution is -0.0554. The van der Waals surface area contributed by atoms with Gasteiger partial charge in [-0.2, -0.15) is 0 Å². The Balaban J connectivity index is 1.65. The maximum atomic E-state index is 10.0. The van der Waals surface area contributed by atoms with Crippen LogP contribution in [0.1, 0.15) is 78.6 Å². The smallest absolute Gasteiger partial charge is 0.0724 e. The zero-order valence-corrected chi connectivity index (χ0v) is 14.8. The van der Waals surface area contributed by atoms with Crippen molar-refractivity contribution in [3.8, 4) is 0 Å². The van der Waals surface area contributed by atoms with Crippen molar-refractivity contribution in [3.05, 3.63) is 11.6 Å². The fourth-order valence-corrected chi connectivity index (χ4v) is 7.49. The van der Waals surface area contributed by atoms with Crippen molar-refractivity contribution in [1.82, 2.24) is 0 Å². The molecule has 0 heterocycles. The van der Waals surface area contributed by atoms with Crippen LogP contribution in [0.2, 0.25) is 0 Å². The van der Waals surface area contributed by atoms with Crippen LogP contribution in [-0.4, -0.2) is 11.2 Å². The molecule has 4 aliphatic rings. The van der Waals surface area contributed by atoms with E-state index in [0.29, 0.717) is 10.8 Å². The van der Waals surface area contributed by atoms with E-state index >= 15 is 0 Å². The van der Waals surface area contributed by atoms with Gasteiger partial charge in [0.15, 0.2) is 0 Å². The lowest BCUT2D eigenvalue weighted by atomic mass is 9.46. The van der Waals surface area contributed by atoms with E-state index in [0.717, 1.165) is 30.1 Å². The Bertz CT molecular complexity index is 480. The van der Waals surface area contributed by atoms with E-state index in [1.165, 1.54) is 51.4 Å². The molecule has 1 N–H and O–H groups in total. The van der Waals surface area contributed by atoms with Crippen molar-refractivity contribution < 1.29 is 5.11 Å². The van der Waals surface area contributed by atoms with Gasteiger partial charge in [-0.15, -0.1) is 0 Å². The third-order valence-corrected chi connectivity index (χ3v) is 8.78. The van der Waals surface area contributed by atoms with Crippen LogP contribution in [-0.2, 0) is 0 Å². The molecule has 3 fully saturated rings. The Morgan fingerprint density at radius 1 is 1.05 bits per heavy atom. The highest BCUT2D eigenvalue weighted by Gasteiger charge is 2.58. The molecule has 124 valence electrons. The van der Waals surface area contributed by atoms with Gasteiger partial charge in [-0.1, -0.05) is 38.8 Å². The third kappa shape index (κ3) is 1.93. The van der Waals surface area contributed by atoms with Gasteiger partial charge in [-0.05, 0) is 85.9 Å². The second-order valence-corrected chi connectivity index (χ2v) is 9.36. The predicted octanol–water partition coefficient (Wildman–Crippen LogP) is 5.34. The number of hydrogen-bond acceptors (Lipinski definition) is 1. The molecule has 0 radical (unpaired) electrons. The zero-order chi connectivity index (χ0) is 15.5. The Morgan fingerprint density at radius 3 is 2.64 bits per heavy atom. The fourth-order valence-electron chi connectivity index (χ4n) is 7.49. The van der Waals surface area contributed by atoms with Gasteiger partial charge in [-0.3, -0.25) is 0 Å². The summed E-state index contributed by atoms with van der Waals surface area (Å²) in [5, 5.41) is 10.0. The summed E-state index contributed by atoms with van der Waals surface area (Å²) in [4.78, 5) is 0. The summed E-state index contributed by atoms with van der Waals surface area (Å²) >= 11 is 0. The SMILES string of the molecule is CCC1CCC2C3CCC4=CC(O)CC[C@]4(C)C3CCC12C. The van der Waals surface area contributed by atoms with Crippen molar-refractivity contribution in [2.45, 2.75) is 84.7 Å². The first kappa shape index (κ1) is 15.2. The van der Waals surface area contributed by atoms with E-state index in [-0.39, 0.29) is 6.10 Å². The normalized spacial score (nSPS) is 54.2. The van der Waals surface area contributed by atoms with Crippen LogP contribution in [0.3, 0.4) is 0 Å². The van der Waals surface area contributed by atoms with E-state index in [1.54, 1.807) is 5.57 Å². The van der Waals surface area contributed by atoms with Gasteiger partial charge in [0.2, 0.25) is 0 Å². The fraction of sp³-hybridized carbons (Fsp3) is 0.905. The molecule has 0 bridgehead atoms. The summed E-state index contributed by atoms with van der Waals surface area (Å²) in [5.74, 6) is 3.83. The Labute approximate surface area is 136 Å². The Kier molecular flexibility index (Phi) is 3.53. The molecule has 0 aromatic rings. The second kappa shape index (κ2) is 5.10. The molecule has 0 saturated heterocycles. The molecule has 0 aromatic heterocycles. The number of hydrogen-bond donors (Lipinski definition) is 1. The number of aliphatic hydroxyl groups is 1. The van der Waals surface area contributed by atoms with Gasteiger partial charge >= 0.3 is 0 Å². The van der Waals surface area contributed by atoms with Crippen molar-refractivity contribution in [1.29, 1.82) is 0 Å². The van der Waals surface area contributed by atoms with Gasteiger partial charge in [0.25, 0.3) is 0 Å². The highest BCUT2D eigenvalue weighted by Crippen LogP contribution is 2.67. The molecule has 0 aromatic carbocycles. The summed E-state index contributed by atoms with van der Waals surface area (Å²) < 4.78 is 0. The van der Waals surface area contributed by atoms with Crippen LogP contribution in [0.5, 0.6) is 0 Å². The molecule has 6 unspecified atom stereocenters. The first-order valence-corrected chi connectivity index (χ1v) is 9.88. The predicted molar refractivity (Wildman–Crippen MR) is 91.5 cm³/mol. The van der Waals surface area contributed by atoms with Crippen LogP contribution >= 0.6 is 0 Å². The number of rotatable bonds is 1. The monoisotopic (exact) mass is 302 g/mol. The Hall–Kier alpha value is -0.300. The van der Waals surface area contributed by atoms with E-state index in [2.05, 4.69) is 26.8 Å². The van der Waals surface area contributed by atoms with Crippen LogP contribution in [0.25, 0.3) is 0 Å². The molecule has 0 spiro atoms.